The molecular weight excluding hydrogens is 350 g/mol. The number of benzene rings is 2. The molecule has 26 heavy (non-hydrogen) atoms. The summed E-state index contributed by atoms with van der Waals surface area (Å²) >= 11 is 1.48. The maximum absolute atomic E-state index is 12.5. The molecule has 2 rings (SSSR count). The van der Waals surface area contributed by atoms with E-state index < -0.39 is 0 Å². The topological polar surface area (TPSA) is 56.8 Å². The van der Waals surface area contributed by atoms with Gasteiger partial charge in [-0.3, -0.25) is 4.79 Å². The summed E-state index contributed by atoms with van der Waals surface area (Å²) in [6.45, 7) is 3.85. The highest BCUT2D eigenvalue weighted by molar-refractivity contribution is 8.00. The summed E-state index contributed by atoms with van der Waals surface area (Å²) in [5.41, 5.74) is 1.03. The molecule has 140 valence electrons. The number of ether oxygens (including phenoxy) is 3. The van der Waals surface area contributed by atoms with Crippen LogP contribution in [0, 0.1) is 0 Å². The molecule has 0 bridgehead atoms. The first-order valence-electron chi connectivity index (χ1n) is 8.31. The maximum Gasteiger partial charge on any atom is 0.233 e. The first-order chi connectivity index (χ1) is 12.5. The molecule has 2 atom stereocenters. The summed E-state index contributed by atoms with van der Waals surface area (Å²) in [7, 11) is 4.83. The van der Waals surface area contributed by atoms with Crippen molar-refractivity contribution in [3.63, 3.8) is 0 Å². The lowest BCUT2D eigenvalue weighted by atomic mass is 10.1. The zero-order valence-corrected chi connectivity index (χ0v) is 16.6. The Hall–Kier alpha value is -2.34. The van der Waals surface area contributed by atoms with Crippen molar-refractivity contribution in [2.45, 2.75) is 30.0 Å². The average molecular weight is 375 g/mol. The Bertz CT molecular complexity index is 733. The summed E-state index contributed by atoms with van der Waals surface area (Å²) in [5, 5.41) is 2.81. The molecule has 0 spiro atoms. The number of carbonyl (C=O) groups excluding carboxylic acids is 1. The Morgan fingerprint density at radius 2 is 1.58 bits per heavy atom. The number of amides is 1. The molecule has 2 aromatic rings. The number of carbonyl (C=O) groups is 1. The van der Waals surface area contributed by atoms with E-state index in [1.807, 2.05) is 56.3 Å². The van der Waals surface area contributed by atoms with Gasteiger partial charge in [-0.25, -0.2) is 0 Å². The van der Waals surface area contributed by atoms with Crippen molar-refractivity contribution in [1.29, 1.82) is 0 Å². The van der Waals surface area contributed by atoms with Crippen molar-refractivity contribution in [1.82, 2.24) is 5.32 Å². The van der Waals surface area contributed by atoms with Crippen molar-refractivity contribution in [3.8, 4) is 17.2 Å². The van der Waals surface area contributed by atoms with Crippen LogP contribution in [0.1, 0.15) is 25.5 Å². The molecule has 5 nitrogen and oxygen atoms in total. The van der Waals surface area contributed by atoms with E-state index in [2.05, 4.69) is 5.32 Å². The minimum Gasteiger partial charge on any atom is -0.497 e. The fraction of sp³-hybridized carbons (Fsp3) is 0.350. The van der Waals surface area contributed by atoms with Crippen LogP contribution < -0.4 is 19.5 Å². The highest BCUT2D eigenvalue weighted by Crippen LogP contribution is 2.33. The molecule has 6 heteroatoms. The first kappa shape index (κ1) is 20.0. The molecule has 0 saturated heterocycles. The Kier molecular flexibility index (Phi) is 7.21. The predicted octanol–water partition coefficient (Wildman–Crippen LogP) is 4.07. The summed E-state index contributed by atoms with van der Waals surface area (Å²) in [4.78, 5) is 13.5. The molecule has 0 unspecified atom stereocenters. The molecule has 0 saturated carbocycles. The number of hydrogen-bond acceptors (Lipinski definition) is 5. The van der Waals surface area contributed by atoms with Gasteiger partial charge in [0.15, 0.2) is 11.5 Å². The van der Waals surface area contributed by atoms with Gasteiger partial charge in [-0.1, -0.05) is 12.1 Å². The molecule has 1 N–H and O–H groups in total. The van der Waals surface area contributed by atoms with Crippen molar-refractivity contribution < 1.29 is 19.0 Å². The standard InChI is InChI=1S/C20H25NO4S/c1-13(15-6-8-16(23-3)9-7-15)21-20(22)14(2)26-17-10-11-18(24-4)19(12-17)25-5/h6-14H,1-5H3,(H,21,22)/t13-,14-/m1/s1. The smallest absolute Gasteiger partial charge is 0.233 e. The summed E-state index contributed by atoms with van der Waals surface area (Å²) < 4.78 is 15.7. The molecule has 0 aliphatic carbocycles. The van der Waals surface area contributed by atoms with Crippen LogP contribution in [0.25, 0.3) is 0 Å². The second kappa shape index (κ2) is 9.38. The van der Waals surface area contributed by atoms with Crippen LogP contribution in [0.4, 0.5) is 0 Å². The minimum absolute atomic E-state index is 0.0203. The molecule has 0 radical (unpaired) electrons. The Morgan fingerprint density at radius 3 is 2.15 bits per heavy atom. The number of nitrogens with one attached hydrogen (secondary N) is 1. The molecule has 0 aliphatic heterocycles. The third-order valence-corrected chi connectivity index (χ3v) is 5.11. The van der Waals surface area contributed by atoms with Crippen molar-refractivity contribution in [2.24, 2.45) is 0 Å². The second-order valence-electron chi connectivity index (χ2n) is 5.78. The maximum atomic E-state index is 12.5. The molecule has 2 aromatic carbocycles. The second-order valence-corrected chi connectivity index (χ2v) is 7.19. The van der Waals surface area contributed by atoms with Gasteiger partial charge < -0.3 is 19.5 Å². The van der Waals surface area contributed by atoms with Crippen LogP contribution in [-0.2, 0) is 4.79 Å². The van der Waals surface area contributed by atoms with E-state index >= 15 is 0 Å². The monoisotopic (exact) mass is 375 g/mol. The van der Waals surface area contributed by atoms with Gasteiger partial charge in [-0.2, -0.15) is 0 Å². The third kappa shape index (κ3) is 5.08. The summed E-state index contributed by atoms with van der Waals surface area (Å²) in [6, 6.07) is 13.2. The third-order valence-electron chi connectivity index (χ3n) is 4.01. The van der Waals surface area contributed by atoms with Gasteiger partial charge in [-0.15, -0.1) is 11.8 Å². The number of thioether (sulfide) groups is 1. The lowest BCUT2D eigenvalue weighted by Gasteiger charge is -2.18. The Balaban J connectivity index is 1.98. The van der Waals surface area contributed by atoms with Crippen molar-refractivity contribution >= 4 is 17.7 Å². The van der Waals surface area contributed by atoms with E-state index in [1.54, 1.807) is 21.3 Å². The van der Waals surface area contributed by atoms with Crippen LogP contribution >= 0.6 is 11.8 Å². The Labute approximate surface area is 159 Å². The van der Waals surface area contributed by atoms with Gasteiger partial charge in [0, 0.05) is 4.90 Å². The van der Waals surface area contributed by atoms with Crippen molar-refractivity contribution in [3.05, 3.63) is 48.0 Å². The highest BCUT2D eigenvalue weighted by Gasteiger charge is 2.18. The molecule has 1 amide bonds. The molecular formula is C20H25NO4S. The van der Waals surface area contributed by atoms with Crippen molar-refractivity contribution in [2.75, 3.05) is 21.3 Å². The van der Waals surface area contributed by atoms with Gasteiger partial charge in [-0.05, 0) is 49.7 Å². The number of hydrogen-bond donors (Lipinski definition) is 1. The minimum atomic E-state index is -0.242. The average Bonchev–Trinajstić information content (AvgIpc) is 2.67. The lowest BCUT2D eigenvalue weighted by molar-refractivity contribution is -0.120. The Morgan fingerprint density at radius 1 is 0.923 bits per heavy atom. The quantitative estimate of drug-likeness (QED) is 0.705. The van der Waals surface area contributed by atoms with E-state index in [0.717, 1.165) is 16.2 Å². The molecule has 0 heterocycles. The fourth-order valence-corrected chi connectivity index (χ4v) is 3.36. The number of rotatable bonds is 8. The fourth-order valence-electron chi connectivity index (χ4n) is 2.45. The van der Waals surface area contributed by atoms with Gasteiger partial charge in [0.2, 0.25) is 5.91 Å². The van der Waals surface area contributed by atoms with Crippen LogP contribution in [0.15, 0.2) is 47.4 Å². The molecule has 0 fully saturated rings. The highest BCUT2D eigenvalue weighted by atomic mass is 32.2. The normalized spacial score (nSPS) is 12.8. The SMILES string of the molecule is COc1ccc([C@@H](C)NC(=O)[C@@H](C)Sc2ccc(OC)c(OC)c2)cc1. The predicted molar refractivity (Wildman–Crippen MR) is 104 cm³/mol. The zero-order valence-electron chi connectivity index (χ0n) is 15.7. The van der Waals surface area contributed by atoms with Crippen LogP contribution in [0.3, 0.4) is 0 Å². The van der Waals surface area contributed by atoms with E-state index in [-0.39, 0.29) is 17.2 Å². The van der Waals surface area contributed by atoms with Gasteiger partial charge in [0.25, 0.3) is 0 Å². The lowest BCUT2D eigenvalue weighted by Crippen LogP contribution is -2.33. The van der Waals surface area contributed by atoms with Crippen LogP contribution in [0.5, 0.6) is 17.2 Å². The van der Waals surface area contributed by atoms with Crippen LogP contribution in [-0.4, -0.2) is 32.5 Å². The number of methoxy groups -OCH3 is 3. The van der Waals surface area contributed by atoms with Gasteiger partial charge >= 0.3 is 0 Å². The van der Waals surface area contributed by atoms with E-state index in [1.165, 1.54) is 11.8 Å². The largest absolute Gasteiger partial charge is 0.497 e. The zero-order chi connectivity index (χ0) is 19.1. The summed E-state index contributed by atoms with van der Waals surface area (Å²) in [6.07, 6.45) is 0. The summed E-state index contributed by atoms with van der Waals surface area (Å²) in [5.74, 6) is 2.09. The van der Waals surface area contributed by atoms with Gasteiger partial charge in [0.1, 0.15) is 5.75 Å². The van der Waals surface area contributed by atoms with Gasteiger partial charge in [0.05, 0.1) is 32.6 Å². The molecule has 0 aromatic heterocycles. The van der Waals surface area contributed by atoms with E-state index in [0.29, 0.717) is 11.5 Å². The van der Waals surface area contributed by atoms with Crippen LogP contribution in [0.2, 0.25) is 0 Å². The van der Waals surface area contributed by atoms with E-state index in [9.17, 15) is 4.79 Å². The first-order valence-corrected chi connectivity index (χ1v) is 9.19. The molecule has 0 aliphatic rings. The van der Waals surface area contributed by atoms with E-state index in [4.69, 9.17) is 14.2 Å².